The Balaban J connectivity index is 2.44. The highest BCUT2D eigenvalue weighted by molar-refractivity contribution is 6.35. The number of hydrogen-bond donors (Lipinski definition) is 1. The van der Waals surface area contributed by atoms with Crippen LogP contribution in [0.2, 0.25) is 5.02 Å². The number of rotatable bonds is 0. The van der Waals surface area contributed by atoms with Crippen molar-refractivity contribution in [3.8, 4) is 0 Å². The van der Waals surface area contributed by atoms with E-state index in [0.717, 1.165) is 24.5 Å². The molecule has 0 saturated carbocycles. The number of fused-ring (bicyclic) bond motifs is 3. The maximum absolute atomic E-state index is 6.27. The Morgan fingerprint density at radius 2 is 2.27 bits per heavy atom. The van der Waals surface area contributed by atoms with Crippen molar-refractivity contribution in [3.63, 3.8) is 0 Å². The fraction of sp³-hybridized carbons (Fsp3) is 0.333. The molecular formula is C12H13ClN2. The molecule has 0 amide bonds. The van der Waals surface area contributed by atoms with Gasteiger partial charge in [0, 0.05) is 30.2 Å². The molecule has 78 valence electrons. The Morgan fingerprint density at radius 1 is 1.40 bits per heavy atom. The number of halogens is 1. The van der Waals surface area contributed by atoms with E-state index in [-0.39, 0.29) is 0 Å². The Bertz CT molecular complexity index is 528. The minimum atomic E-state index is 0.881. The van der Waals surface area contributed by atoms with Gasteiger partial charge in [0.25, 0.3) is 0 Å². The van der Waals surface area contributed by atoms with Crippen molar-refractivity contribution in [1.82, 2.24) is 9.88 Å². The lowest BCUT2D eigenvalue weighted by Gasteiger charge is -2.14. The summed E-state index contributed by atoms with van der Waals surface area (Å²) in [6.07, 6.45) is 1.08. The van der Waals surface area contributed by atoms with E-state index in [1.54, 1.807) is 0 Å². The summed E-state index contributed by atoms with van der Waals surface area (Å²) in [7, 11) is 2.12. The number of nitrogens with zero attached hydrogens (tertiary/aromatic N) is 1. The molecule has 0 spiro atoms. The lowest BCUT2D eigenvalue weighted by atomic mass is 10.0. The van der Waals surface area contributed by atoms with Gasteiger partial charge in [-0.1, -0.05) is 17.7 Å². The summed E-state index contributed by atoms with van der Waals surface area (Å²) < 4.78 is 2.25. The average Bonchev–Trinajstić information content (AvgIpc) is 2.55. The fourth-order valence-electron chi connectivity index (χ4n) is 2.50. The summed E-state index contributed by atoms with van der Waals surface area (Å²) in [5.74, 6) is 0. The maximum atomic E-state index is 6.27. The predicted molar refractivity (Wildman–Crippen MR) is 63.3 cm³/mol. The molecule has 1 aliphatic rings. The van der Waals surface area contributed by atoms with Crippen molar-refractivity contribution in [2.45, 2.75) is 13.0 Å². The van der Waals surface area contributed by atoms with E-state index in [1.165, 1.54) is 22.2 Å². The second-order valence-electron chi connectivity index (χ2n) is 4.05. The van der Waals surface area contributed by atoms with E-state index >= 15 is 0 Å². The second kappa shape index (κ2) is 3.26. The van der Waals surface area contributed by atoms with Crippen molar-refractivity contribution >= 4 is 22.5 Å². The van der Waals surface area contributed by atoms with E-state index in [9.17, 15) is 0 Å². The zero-order valence-corrected chi connectivity index (χ0v) is 9.43. The molecule has 1 aliphatic heterocycles. The Morgan fingerprint density at radius 3 is 3.13 bits per heavy atom. The van der Waals surface area contributed by atoms with Crippen LogP contribution >= 0.6 is 11.6 Å². The van der Waals surface area contributed by atoms with E-state index in [4.69, 9.17) is 11.6 Å². The van der Waals surface area contributed by atoms with Gasteiger partial charge in [0.05, 0.1) is 5.02 Å². The van der Waals surface area contributed by atoms with Crippen molar-refractivity contribution in [3.05, 3.63) is 34.5 Å². The third kappa shape index (κ3) is 1.22. The van der Waals surface area contributed by atoms with Gasteiger partial charge in [0.1, 0.15) is 0 Å². The third-order valence-electron chi connectivity index (χ3n) is 3.25. The average molecular weight is 221 g/mol. The predicted octanol–water partition coefficient (Wildman–Crippen LogP) is 2.48. The molecule has 1 N–H and O–H groups in total. The van der Waals surface area contributed by atoms with Crippen LogP contribution in [-0.2, 0) is 20.0 Å². The number of aromatic nitrogens is 1. The smallest absolute Gasteiger partial charge is 0.0502 e. The van der Waals surface area contributed by atoms with E-state index < -0.39 is 0 Å². The van der Waals surface area contributed by atoms with Gasteiger partial charge in [-0.05, 0) is 30.7 Å². The molecular weight excluding hydrogens is 208 g/mol. The molecule has 1 aromatic heterocycles. The normalized spacial score (nSPS) is 15.6. The maximum Gasteiger partial charge on any atom is 0.0502 e. The molecule has 2 nitrogen and oxygen atoms in total. The van der Waals surface area contributed by atoms with Crippen molar-refractivity contribution < 1.29 is 0 Å². The summed E-state index contributed by atoms with van der Waals surface area (Å²) >= 11 is 6.27. The molecule has 3 heteroatoms. The molecule has 0 bridgehead atoms. The minimum absolute atomic E-state index is 0.881. The largest absolute Gasteiger partial charge is 0.346 e. The lowest BCUT2D eigenvalue weighted by Crippen LogP contribution is -2.24. The molecule has 1 aromatic carbocycles. The Kier molecular flexibility index (Phi) is 2.01. The zero-order chi connectivity index (χ0) is 10.4. The van der Waals surface area contributed by atoms with Crippen LogP contribution in [0.1, 0.15) is 11.3 Å². The van der Waals surface area contributed by atoms with Gasteiger partial charge < -0.3 is 9.88 Å². The van der Waals surface area contributed by atoms with Gasteiger partial charge in [-0.2, -0.15) is 0 Å². The molecule has 0 aliphatic carbocycles. The molecule has 0 fully saturated rings. The number of hydrogen-bond acceptors (Lipinski definition) is 1. The first-order valence-corrected chi connectivity index (χ1v) is 5.62. The van der Waals surface area contributed by atoms with Gasteiger partial charge in [0.15, 0.2) is 0 Å². The van der Waals surface area contributed by atoms with Crippen LogP contribution in [0.5, 0.6) is 0 Å². The highest BCUT2D eigenvalue weighted by Crippen LogP contribution is 2.32. The molecule has 15 heavy (non-hydrogen) atoms. The third-order valence-corrected chi connectivity index (χ3v) is 3.57. The lowest BCUT2D eigenvalue weighted by molar-refractivity contribution is 0.614. The second-order valence-corrected chi connectivity index (χ2v) is 4.45. The van der Waals surface area contributed by atoms with Crippen LogP contribution in [0.4, 0.5) is 0 Å². The van der Waals surface area contributed by atoms with Crippen molar-refractivity contribution in [2.75, 3.05) is 6.54 Å². The molecule has 0 saturated heterocycles. The summed E-state index contributed by atoms with van der Waals surface area (Å²) in [6, 6.07) is 6.13. The first kappa shape index (κ1) is 9.25. The van der Waals surface area contributed by atoms with Gasteiger partial charge in [-0.25, -0.2) is 0 Å². The van der Waals surface area contributed by atoms with E-state index in [1.807, 2.05) is 12.1 Å². The SMILES string of the molecule is Cn1c2c(c3c(Cl)cccc31)CCNC2. The van der Waals surface area contributed by atoms with Crippen LogP contribution in [0, 0.1) is 0 Å². The summed E-state index contributed by atoms with van der Waals surface area (Å²) in [5, 5.41) is 5.53. The van der Waals surface area contributed by atoms with Gasteiger partial charge in [-0.15, -0.1) is 0 Å². The van der Waals surface area contributed by atoms with Gasteiger partial charge >= 0.3 is 0 Å². The highest BCUT2D eigenvalue weighted by Gasteiger charge is 2.19. The first-order chi connectivity index (χ1) is 7.29. The molecule has 0 unspecified atom stereocenters. The molecule has 3 rings (SSSR count). The number of nitrogens with one attached hydrogen (secondary N) is 1. The quantitative estimate of drug-likeness (QED) is 0.722. The Hall–Kier alpha value is -0.990. The molecule has 0 radical (unpaired) electrons. The van der Waals surface area contributed by atoms with Crippen LogP contribution in [0.25, 0.3) is 10.9 Å². The summed E-state index contributed by atoms with van der Waals surface area (Å²) in [6.45, 7) is 2.01. The van der Waals surface area contributed by atoms with E-state index in [0.29, 0.717) is 0 Å². The summed E-state index contributed by atoms with van der Waals surface area (Å²) in [4.78, 5) is 0. The molecule has 0 atom stereocenters. The highest BCUT2D eigenvalue weighted by atomic mass is 35.5. The zero-order valence-electron chi connectivity index (χ0n) is 8.68. The fourth-order valence-corrected chi connectivity index (χ4v) is 2.78. The number of benzene rings is 1. The standard InChI is InChI=1S/C12H13ClN2/c1-15-10-4-2-3-9(13)12(10)8-5-6-14-7-11(8)15/h2-4,14H,5-7H2,1H3. The topological polar surface area (TPSA) is 17.0 Å². The number of aryl methyl sites for hydroxylation is 1. The van der Waals surface area contributed by atoms with Crippen molar-refractivity contribution in [1.29, 1.82) is 0 Å². The van der Waals surface area contributed by atoms with Crippen LogP contribution in [0.15, 0.2) is 18.2 Å². The van der Waals surface area contributed by atoms with Crippen LogP contribution in [0.3, 0.4) is 0 Å². The molecule has 2 heterocycles. The van der Waals surface area contributed by atoms with Crippen LogP contribution < -0.4 is 5.32 Å². The minimum Gasteiger partial charge on any atom is -0.346 e. The van der Waals surface area contributed by atoms with Gasteiger partial charge in [0.2, 0.25) is 0 Å². The Labute approximate surface area is 93.8 Å². The summed E-state index contributed by atoms with van der Waals surface area (Å²) in [5.41, 5.74) is 4.05. The molecule has 2 aromatic rings. The monoisotopic (exact) mass is 220 g/mol. The van der Waals surface area contributed by atoms with Crippen molar-refractivity contribution in [2.24, 2.45) is 7.05 Å². The first-order valence-electron chi connectivity index (χ1n) is 5.24. The van der Waals surface area contributed by atoms with E-state index in [2.05, 4.69) is 23.0 Å². The van der Waals surface area contributed by atoms with Gasteiger partial charge in [-0.3, -0.25) is 0 Å². The van der Waals surface area contributed by atoms with Crippen LogP contribution in [-0.4, -0.2) is 11.1 Å².